The Balaban J connectivity index is 1.45. The van der Waals surface area contributed by atoms with Gasteiger partial charge in [0.15, 0.2) is 0 Å². The van der Waals surface area contributed by atoms with Crippen LogP contribution in [0.5, 0.6) is 0 Å². The summed E-state index contributed by atoms with van der Waals surface area (Å²) < 4.78 is 0. The van der Waals surface area contributed by atoms with Crippen molar-refractivity contribution in [3.05, 3.63) is 40.5 Å². The summed E-state index contributed by atoms with van der Waals surface area (Å²) in [5.41, 5.74) is 5.59. The van der Waals surface area contributed by atoms with Crippen molar-refractivity contribution >= 4 is 29.3 Å². The van der Waals surface area contributed by atoms with Gasteiger partial charge in [-0.3, -0.25) is 5.01 Å². The van der Waals surface area contributed by atoms with Gasteiger partial charge in [0.25, 0.3) is 0 Å². The summed E-state index contributed by atoms with van der Waals surface area (Å²) in [7, 11) is 0. The molecule has 0 spiro atoms. The molecule has 4 heterocycles. The van der Waals surface area contributed by atoms with Crippen LogP contribution in [0.2, 0.25) is 0 Å². The van der Waals surface area contributed by atoms with Crippen LogP contribution in [0.3, 0.4) is 0 Å². The van der Waals surface area contributed by atoms with Gasteiger partial charge in [-0.05, 0) is 17.5 Å². The Morgan fingerprint density at radius 1 is 1.43 bits per heavy atom. The fourth-order valence-corrected chi connectivity index (χ4v) is 3.47. The van der Waals surface area contributed by atoms with Crippen LogP contribution in [-0.2, 0) is 0 Å². The minimum Gasteiger partial charge on any atom is -0.336 e. The normalized spacial score (nSPS) is 19.8. The third-order valence-electron chi connectivity index (χ3n) is 3.97. The Morgan fingerprint density at radius 3 is 3.17 bits per heavy atom. The van der Waals surface area contributed by atoms with E-state index in [2.05, 4.69) is 44.9 Å². The lowest BCUT2D eigenvalue weighted by molar-refractivity contribution is 0.211. The highest BCUT2D eigenvalue weighted by Gasteiger charge is 2.29. The zero-order valence-electron chi connectivity index (χ0n) is 12.6. The fourth-order valence-electron chi connectivity index (χ4n) is 2.83. The summed E-state index contributed by atoms with van der Waals surface area (Å²) >= 11 is 1.67. The number of hydrazone groups is 1. The van der Waals surface area contributed by atoms with Gasteiger partial charge in [-0.2, -0.15) is 16.4 Å². The predicted molar refractivity (Wildman–Crippen MR) is 90.1 cm³/mol. The summed E-state index contributed by atoms with van der Waals surface area (Å²) in [5, 5.41) is 15.4. The highest BCUT2D eigenvalue weighted by Crippen LogP contribution is 2.34. The van der Waals surface area contributed by atoms with Crippen LogP contribution in [0, 0.1) is 0 Å². The van der Waals surface area contributed by atoms with E-state index in [9.17, 15) is 4.79 Å². The molecule has 8 heteroatoms. The Morgan fingerprint density at radius 2 is 2.39 bits per heavy atom. The number of hydrogen-bond acceptors (Lipinski definition) is 6. The van der Waals surface area contributed by atoms with E-state index < -0.39 is 0 Å². The first-order valence-electron chi connectivity index (χ1n) is 7.65. The van der Waals surface area contributed by atoms with Gasteiger partial charge in [0.1, 0.15) is 5.82 Å². The molecule has 0 aliphatic carbocycles. The molecule has 1 aromatic rings. The molecule has 7 nitrogen and oxygen atoms in total. The molecule has 1 saturated heterocycles. The summed E-state index contributed by atoms with van der Waals surface area (Å²) in [6, 6.07) is 2.11. The van der Waals surface area contributed by atoms with E-state index in [-0.39, 0.29) is 6.03 Å². The maximum Gasteiger partial charge on any atom is 0.317 e. The van der Waals surface area contributed by atoms with E-state index in [4.69, 9.17) is 0 Å². The number of carbonyl (C=O) groups is 1. The van der Waals surface area contributed by atoms with E-state index in [1.165, 1.54) is 0 Å². The van der Waals surface area contributed by atoms with Crippen LogP contribution in [0.4, 0.5) is 4.79 Å². The number of nitrogens with zero attached hydrogens (tertiary/aromatic N) is 4. The van der Waals surface area contributed by atoms with Crippen molar-refractivity contribution in [2.75, 3.05) is 26.2 Å². The average Bonchev–Trinajstić information content (AvgIpc) is 3.29. The van der Waals surface area contributed by atoms with Crippen molar-refractivity contribution in [1.29, 1.82) is 0 Å². The molecule has 4 rings (SSSR count). The van der Waals surface area contributed by atoms with E-state index in [1.54, 1.807) is 11.3 Å². The van der Waals surface area contributed by atoms with Crippen molar-refractivity contribution in [1.82, 2.24) is 25.7 Å². The van der Waals surface area contributed by atoms with Crippen LogP contribution in [0.15, 0.2) is 40.0 Å². The van der Waals surface area contributed by atoms with Crippen LogP contribution in [-0.4, -0.2) is 53.3 Å². The number of allylic oxidation sites excluding steroid dienone is 1. The summed E-state index contributed by atoms with van der Waals surface area (Å²) in [4.78, 5) is 13.4. The van der Waals surface area contributed by atoms with Gasteiger partial charge in [-0.1, -0.05) is 0 Å². The van der Waals surface area contributed by atoms with Gasteiger partial charge in [-0.25, -0.2) is 15.2 Å². The summed E-state index contributed by atoms with van der Waals surface area (Å²) in [6.45, 7) is 2.88. The predicted octanol–water partition coefficient (Wildman–Crippen LogP) is 1.42. The van der Waals surface area contributed by atoms with Gasteiger partial charge >= 0.3 is 6.03 Å². The third-order valence-corrected chi connectivity index (χ3v) is 4.66. The number of nitrogens with one attached hydrogen (secondary N) is 2. The average molecular weight is 330 g/mol. The smallest absolute Gasteiger partial charge is 0.317 e. The molecule has 3 aliphatic heterocycles. The first kappa shape index (κ1) is 14.3. The van der Waals surface area contributed by atoms with Crippen molar-refractivity contribution in [3.63, 3.8) is 0 Å². The maximum absolute atomic E-state index is 11.6. The molecule has 0 saturated carbocycles. The van der Waals surface area contributed by atoms with Crippen LogP contribution >= 0.6 is 11.3 Å². The molecule has 0 aromatic carbocycles. The van der Waals surface area contributed by atoms with Crippen LogP contribution in [0.25, 0.3) is 5.70 Å². The van der Waals surface area contributed by atoms with Gasteiger partial charge in [0.2, 0.25) is 0 Å². The largest absolute Gasteiger partial charge is 0.336 e. The number of rotatable bonds is 5. The number of urea groups is 1. The second kappa shape index (κ2) is 6.05. The molecule has 1 aromatic heterocycles. The second-order valence-corrected chi connectivity index (χ2v) is 6.21. The van der Waals surface area contributed by atoms with Crippen molar-refractivity contribution in [3.8, 4) is 0 Å². The number of fused-ring (bicyclic) bond motifs is 1. The fraction of sp³-hybridized carbons (Fsp3) is 0.333. The van der Waals surface area contributed by atoms with E-state index in [0.717, 1.165) is 36.6 Å². The minimum atomic E-state index is 0.0193. The number of hydrogen-bond donors (Lipinski definition) is 2. The summed E-state index contributed by atoms with van der Waals surface area (Å²) in [6.07, 6.45) is 6.92. The zero-order valence-corrected chi connectivity index (χ0v) is 13.4. The second-order valence-electron chi connectivity index (χ2n) is 5.43. The topological polar surface area (TPSA) is 63.2 Å². The first-order chi connectivity index (χ1) is 11.3. The van der Waals surface area contributed by atoms with Gasteiger partial charge < -0.3 is 10.2 Å². The Labute approximate surface area is 138 Å². The molecule has 2 N–H and O–H groups in total. The van der Waals surface area contributed by atoms with Crippen molar-refractivity contribution in [2.45, 2.75) is 6.42 Å². The summed E-state index contributed by atoms with van der Waals surface area (Å²) in [5.74, 6) is 1.01. The molecular formula is C15H18N6OS. The van der Waals surface area contributed by atoms with Gasteiger partial charge in [0, 0.05) is 56.0 Å². The first-order valence-corrected chi connectivity index (χ1v) is 8.60. The monoisotopic (exact) mass is 330 g/mol. The Kier molecular flexibility index (Phi) is 3.76. The molecule has 23 heavy (non-hydrogen) atoms. The van der Waals surface area contributed by atoms with Crippen molar-refractivity contribution < 1.29 is 4.79 Å². The lowest BCUT2D eigenvalue weighted by Crippen LogP contribution is -2.40. The quantitative estimate of drug-likeness (QED) is 0.857. The maximum atomic E-state index is 11.6. The molecule has 0 atom stereocenters. The van der Waals surface area contributed by atoms with Crippen LogP contribution in [0.1, 0.15) is 12.0 Å². The van der Waals surface area contributed by atoms with E-state index >= 15 is 0 Å². The molecule has 3 aliphatic rings. The highest BCUT2D eigenvalue weighted by molar-refractivity contribution is 7.08. The molecule has 1 fully saturated rings. The number of thiophene rings is 1. The van der Waals surface area contributed by atoms with E-state index in [0.29, 0.717) is 13.1 Å². The molecule has 2 amide bonds. The van der Waals surface area contributed by atoms with Crippen LogP contribution < -0.4 is 10.7 Å². The van der Waals surface area contributed by atoms with Gasteiger partial charge in [-0.15, -0.1) is 0 Å². The molecular weight excluding hydrogens is 312 g/mol. The lowest BCUT2D eigenvalue weighted by atomic mass is 10.2. The molecule has 0 unspecified atom stereocenters. The Hall–Kier alpha value is -2.32. The van der Waals surface area contributed by atoms with E-state index in [1.807, 2.05) is 21.1 Å². The highest BCUT2D eigenvalue weighted by atomic mass is 32.1. The van der Waals surface area contributed by atoms with Gasteiger partial charge in [0.05, 0.1) is 5.70 Å². The standard InChI is InChI=1S/C15H18N6OS/c22-15-16-5-7-19(15)8-6-17-20-10-13(12-3-9-23-11-12)21-14(20)2-1-4-18-21/h2-4,9-11,17H,1,5-8H2,(H,16,22). The Bertz CT molecular complexity index is 680. The number of carbonyl (C=O) groups excluding carboxylic acids is 1. The van der Waals surface area contributed by atoms with Crippen molar-refractivity contribution in [2.24, 2.45) is 5.10 Å². The third kappa shape index (κ3) is 2.71. The molecule has 120 valence electrons. The SMILES string of the molecule is O=C1NCCN1CCNN1C=C(c2ccsc2)N2N=CCC=C12. The molecule has 0 bridgehead atoms. The zero-order chi connectivity index (χ0) is 15.6. The minimum absolute atomic E-state index is 0.0193. The molecule has 0 radical (unpaired) electrons. The lowest BCUT2D eigenvalue weighted by Gasteiger charge is -2.26. The number of hydrazine groups is 1. The number of amides is 2.